The van der Waals surface area contributed by atoms with Crippen LogP contribution in [0.1, 0.15) is 51.9 Å². The standard InChI is InChI=1S/C14H22O/c1-9-5-6-14(15-9)8-10-7-13(14)12-4-2-3-11(10)12/h9-13H,2-8H2,1H3/t9-,10-,11-,12+,13+,14-/m1/s1. The van der Waals surface area contributed by atoms with Crippen molar-refractivity contribution >= 4 is 0 Å². The van der Waals surface area contributed by atoms with E-state index in [1.807, 2.05) is 0 Å². The number of hydrogen-bond acceptors (Lipinski definition) is 1. The summed E-state index contributed by atoms with van der Waals surface area (Å²) in [6.45, 7) is 2.27. The SMILES string of the molecule is C[C@@H]1CC[C@]2(C[C@H]3C[C@H]2[C@H]2CCC[C@H]32)O1. The van der Waals surface area contributed by atoms with Crippen LogP contribution in [-0.4, -0.2) is 11.7 Å². The molecule has 3 aliphatic carbocycles. The first kappa shape index (κ1) is 9.04. The van der Waals surface area contributed by atoms with Crippen molar-refractivity contribution in [3.8, 4) is 0 Å². The molecule has 6 atom stereocenters. The second-order valence-corrected chi connectivity index (χ2v) is 6.60. The molecule has 1 aliphatic heterocycles. The Hall–Kier alpha value is -0.0400. The number of rotatable bonds is 0. The first-order chi connectivity index (χ1) is 7.28. The average Bonchev–Trinajstić information content (AvgIpc) is 2.89. The monoisotopic (exact) mass is 206 g/mol. The van der Waals surface area contributed by atoms with Crippen LogP contribution in [-0.2, 0) is 4.74 Å². The molecule has 0 aromatic heterocycles. The smallest absolute Gasteiger partial charge is 0.0720 e. The van der Waals surface area contributed by atoms with Gasteiger partial charge in [-0.1, -0.05) is 6.42 Å². The third-order valence-electron chi connectivity index (χ3n) is 6.00. The fraction of sp³-hybridized carbons (Fsp3) is 1.00. The highest BCUT2D eigenvalue weighted by Crippen LogP contribution is 2.65. The molecular weight excluding hydrogens is 184 g/mol. The fourth-order valence-corrected chi connectivity index (χ4v) is 5.60. The van der Waals surface area contributed by atoms with Crippen molar-refractivity contribution < 1.29 is 4.74 Å². The molecule has 0 N–H and O–H groups in total. The summed E-state index contributed by atoms with van der Waals surface area (Å²) in [5.41, 5.74) is 0.371. The Labute approximate surface area is 92.6 Å². The maximum absolute atomic E-state index is 6.35. The molecule has 1 heteroatoms. The van der Waals surface area contributed by atoms with Gasteiger partial charge in [0, 0.05) is 0 Å². The maximum Gasteiger partial charge on any atom is 0.0720 e. The van der Waals surface area contributed by atoms with Gasteiger partial charge in [-0.25, -0.2) is 0 Å². The Bertz CT molecular complexity index is 287. The maximum atomic E-state index is 6.35. The zero-order valence-electron chi connectivity index (χ0n) is 9.74. The molecule has 0 unspecified atom stereocenters. The predicted molar refractivity (Wildman–Crippen MR) is 59.6 cm³/mol. The molecule has 4 rings (SSSR count). The molecule has 4 fully saturated rings. The van der Waals surface area contributed by atoms with Gasteiger partial charge in [0.15, 0.2) is 0 Å². The highest BCUT2D eigenvalue weighted by molar-refractivity contribution is 5.12. The van der Waals surface area contributed by atoms with E-state index in [4.69, 9.17) is 4.74 Å². The van der Waals surface area contributed by atoms with Gasteiger partial charge in [-0.15, -0.1) is 0 Å². The number of hydrogen-bond donors (Lipinski definition) is 0. The third-order valence-corrected chi connectivity index (χ3v) is 6.00. The van der Waals surface area contributed by atoms with E-state index in [1.165, 1.54) is 44.9 Å². The minimum absolute atomic E-state index is 0.371. The van der Waals surface area contributed by atoms with Crippen molar-refractivity contribution in [2.75, 3.05) is 0 Å². The molecule has 1 spiro atoms. The molecule has 4 aliphatic rings. The first-order valence-electron chi connectivity index (χ1n) is 6.96. The van der Waals surface area contributed by atoms with Crippen molar-refractivity contribution in [1.29, 1.82) is 0 Å². The molecule has 15 heavy (non-hydrogen) atoms. The van der Waals surface area contributed by atoms with Crippen LogP contribution in [0.2, 0.25) is 0 Å². The summed E-state index contributed by atoms with van der Waals surface area (Å²) in [4.78, 5) is 0. The summed E-state index contributed by atoms with van der Waals surface area (Å²) >= 11 is 0. The lowest BCUT2D eigenvalue weighted by Gasteiger charge is -2.40. The van der Waals surface area contributed by atoms with E-state index >= 15 is 0 Å². The molecule has 3 saturated carbocycles. The van der Waals surface area contributed by atoms with E-state index in [2.05, 4.69) is 6.92 Å². The average molecular weight is 206 g/mol. The van der Waals surface area contributed by atoms with Gasteiger partial charge in [-0.2, -0.15) is 0 Å². The Kier molecular flexibility index (Phi) is 1.68. The van der Waals surface area contributed by atoms with Crippen LogP contribution in [0.4, 0.5) is 0 Å². The molecule has 0 amide bonds. The van der Waals surface area contributed by atoms with Crippen LogP contribution in [0, 0.1) is 23.7 Å². The lowest BCUT2D eigenvalue weighted by atomic mass is 9.72. The lowest BCUT2D eigenvalue weighted by Crippen LogP contribution is -2.41. The molecule has 0 aromatic carbocycles. The molecule has 1 nitrogen and oxygen atoms in total. The Morgan fingerprint density at radius 1 is 1.13 bits per heavy atom. The van der Waals surface area contributed by atoms with Crippen molar-refractivity contribution in [1.82, 2.24) is 0 Å². The van der Waals surface area contributed by atoms with Gasteiger partial charge in [0.1, 0.15) is 0 Å². The number of ether oxygens (including phenoxy) is 1. The second-order valence-electron chi connectivity index (χ2n) is 6.60. The summed E-state index contributed by atoms with van der Waals surface area (Å²) < 4.78 is 6.35. The van der Waals surface area contributed by atoms with Gasteiger partial charge in [-0.3, -0.25) is 0 Å². The first-order valence-corrected chi connectivity index (χ1v) is 6.96. The van der Waals surface area contributed by atoms with E-state index in [9.17, 15) is 0 Å². The van der Waals surface area contributed by atoms with Gasteiger partial charge in [0.2, 0.25) is 0 Å². The fourth-order valence-electron chi connectivity index (χ4n) is 5.60. The van der Waals surface area contributed by atoms with E-state index in [-0.39, 0.29) is 0 Å². The third kappa shape index (κ3) is 1.03. The normalized spacial score (nSPS) is 61.8. The zero-order chi connectivity index (χ0) is 10.0. The highest BCUT2D eigenvalue weighted by Gasteiger charge is 2.62. The van der Waals surface area contributed by atoms with Crippen molar-refractivity contribution in [3.63, 3.8) is 0 Å². The van der Waals surface area contributed by atoms with Gasteiger partial charge in [0.05, 0.1) is 11.7 Å². The summed E-state index contributed by atoms with van der Waals surface area (Å²) in [6, 6.07) is 0. The minimum Gasteiger partial charge on any atom is -0.372 e. The number of fused-ring (bicyclic) bond motifs is 6. The molecule has 1 saturated heterocycles. The lowest BCUT2D eigenvalue weighted by molar-refractivity contribution is -0.0914. The minimum atomic E-state index is 0.371. The molecule has 1 heterocycles. The van der Waals surface area contributed by atoms with Crippen LogP contribution >= 0.6 is 0 Å². The zero-order valence-corrected chi connectivity index (χ0v) is 9.74. The van der Waals surface area contributed by atoms with Crippen molar-refractivity contribution in [2.24, 2.45) is 23.7 Å². The Morgan fingerprint density at radius 2 is 2.00 bits per heavy atom. The van der Waals surface area contributed by atoms with Crippen LogP contribution in [0.25, 0.3) is 0 Å². The van der Waals surface area contributed by atoms with E-state index in [1.54, 1.807) is 0 Å². The van der Waals surface area contributed by atoms with E-state index < -0.39 is 0 Å². The molecule has 84 valence electrons. The second kappa shape index (κ2) is 2.80. The predicted octanol–water partition coefficient (Wildman–Crippen LogP) is 3.38. The van der Waals surface area contributed by atoms with Crippen LogP contribution in [0.3, 0.4) is 0 Å². The molecule has 0 radical (unpaired) electrons. The molecule has 0 aromatic rings. The van der Waals surface area contributed by atoms with Gasteiger partial charge < -0.3 is 4.74 Å². The topological polar surface area (TPSA) is 9.23 Å². The summed E-state index contributed by atoms with van der Waals surface area (Å²) in [6.07, 6.45) is 10.7. The quantitative estimate of drug-likeness (QED) is 0.590. The summed E-state index contributed by atoms with van der Waals surface area (Å²) in [5, 5.41) is 0. The Morgan fingerprint density at radius 3 is 2.80 bits per heavy atom. The Balaban J connectivity index is 1.65. The largest absolute Gasteiger partial charge is 0.372 e. The highest BCUT2D eigenvalue weighted by atomic mass is 16.5. The van der Waals surface area contributed by atoms with E-state index in [0.717, 1.165) is 23.7 Å². The van der Waals surface area contributed by atoms with Crippen LogP contribution < -0.4 is 0 Å². The van der Waals surface area contributed by atoms with Gasteiger partial charge >= 0.3 is 0 Å². The van der Waals surface area contributed by atoms with Gasteiger partial charge in [-0.05, 0) is 69.1 Å². The van der Waals surface area contributed by atoms with Crippen LogP contribution in [0.5, 0.6) is 0 Å². The van der Waals surface area contributed by atoms with Crippen LogP contribution in [0.15, 0.2) is 0 Å². The molecule has 2 bridgehead atoms. The van der Waals surface area contributed by atoms with Gasteiger partial charge in [0.25, 0.3) is 0 Å². The van der Waals surface area contributed by atoms with Crippen molar-refractivity contribution in [2.45, 2.75) is 63.6 Å². The summed E-state index contributed by atoms with van der Waals surface area (Å²) in [7, 11) is 0. The summed E-state index contributed by atoms with van der Waals surface area (Å²) in [5.74, 6) is 4.18. The van der Waals surface area contributed by atoms with E-state index in [0.29, 0.717) is 11.7 Å². The molecular formula is C14H22O. The van der Waals surface area contributed by atoms with Crippen molar-refractivity contribution in [3.05, 3.63) is 0 Å².